The molecule has 0 aromatic heterocycles. The van der Waals surface area contributed by atoms with Crippen molar-refractivity contribution in [2.24, 2.45) is 0 Å². The van der Waals surface area contributed by atoms with Gasteiger partial charge in [-0.05, 0) is 37.9 Å². The second-order valence-electron chi connectivity index (χ2n) is 4.75. The van der Waals surface area contributed by atoms with Crippen molar-refractivity contribution >= 4 is 17.5 Å². The molecule has 1 unspecified atom stereocenters. The Bertz CT molecular complexity index is 416. The molecule has 3 nitrogen and oxygen atoms in total. The van der Waals surface area contributed by atoms with Crippen LogP contribution in [0.2, 0.25) is 5.02 Å². The lowest BCUT2D eigenvalue weighted by atomic mass is 10.0. The first kappa shape index (κ1) is 13.4. The predicted molar refractivity (Wildman–Crippen MR) is 73.7 cm³/mol. The maximum absolute atomic E-state index is 12.1. The Kier molecular flexibility index (Phi) is 4.61. The Morgan fingerprint density at radius 2 is 2.22 bits per heavy atom. The van der Waals surface area contributed by atoms with Crippen LogP contribution < -0.4 is 10.6 Å². The molecule has 18 heavy (non-hydrogen) atoms. The van der Waals surface area contributed by atoms with Crippen LogP contribution in [0, 0.1) is 0 Å². The predicted octanol–water partition coefficient (Wildman–Crippen LogP) is 2.66. The summed E-state index contributed by atoms with van der Waals surface area (Å²) in [5.74, 6) is 0.0714. The molecule has 0 spiro atoms. The van der Waals surface area contributed by atoms with Gasteiger partial charge in [-0.3, -0.25) is 4.79 Å². The van der Waals surface area contributed by atoms with E-state index >= 15 is 0 Å². The van der Waals surface area contributed by atoms with E-state index in [-0.39, 0.29) is 18.0 Å². The van der Waals surface area contributed by atoms with E-state index in [1.165, 1.54) is 0 Å². The minimum absolute atomic E-state index is 0.0521. The number of amides is 1. The van der Waals surface area contributed by atoms with Crippen LogP contribution in [-0.4, -0.2) is 18.5 Å². The lowest BCUT2D eigenvalue weighted by molar-refractivity contribution is -0.124. The quantitative estimate of drug-likeness (QED) is 0.883. The molecule has 98 valence electrons. The topological polar surface area (TPSA) is 41.1 Å². The summed E-state index contributed by atoms with van der Waals surface area (Å²) in [6, 6.07) is 7.50. The fourth-order valence-electron chi connectivity index (χ4n) is 2.29. The molecule has 1 heterocycles. The second-order valence-corrected chi connectivity index (χ2v) is 5.16. The van der Waals surface area contributed by atoms with Crippen molar-refractivity contribution in [2.45, 2.75) is 38.3 Å². The van der Waals surface area contributed by atoms with Crippen molar-refractivity contribution in [1.82, 2.24) is 10.6 Å². The highest BCUT2D eigenvalue weighted by molar-refractivity contribution is 6.31. The first-order chi connectivity index (χ1) is 8.68. The van der Waals surface area contributed by atoms with E-state index in [2.05, 4.69) is 10.6 Å². The van der Waals surface area contributed by atoms with E-state index in [0.717, 1.165) is 31.4 Å². The van der Waals surface area contributed by atoms with Crippen molar-refractivity contribution in [2.75, 3.05) is 6.54 Å². The third kappa shape index (κ3) is 3.24. The molecule has 1 aliphatic heterocycles. The van der Waals surface area contributed by atoms with Gasteiger partial charge in [0, 0.05) is 5.02 Å². The Balaban J connectivity index is 1.96. The molecule has 1 aromatic rings. The van der Waals surface area contributed by atoms with Gasteiger partial charge in [0.25, 0.3) is 0 Å². The summed E-state index contributed by atoms with van der Waals surface area (Å²) in [6.45, 7) is 2.89. The van der Waals surface area contributed by atoms with Gasteiger partial charge in [-0.1, -0.05) is 36.2 Å². The van der Waals surface area contributed by atoms with Gasteiger partial charge >= 0.3 is 0 Å². The summed E-state index contributed by atoms with van der Waals surface area (Å²) in [4.78, 5) is 12.1. The van der Waals surface area contributed by atoms with Gasteiger partial charge in [-0.25, -0.2) is 0 Å². The fourth-order valence-corrected chi connectivity index (χ4v) is 2.59. The van der Waals surface area contributed by atoms with E-state index in [1.54, 1.807) is 0 Å². The van der Waals surface area contributed by atoms with Crippen LogP contribution in [0.25, 0.3) is 0 Å². The Hall–Kier alpha value is -1.06. The van der Waals surface area contributed by atoms with Crippen LogP contribution in [0.4, 0.5) is 0 Å². The number of hydrogen-bond donors (Lipinski definition) is 2. The highest BCUT2D eigenvalue weighted by Crippen LogP contribution is 2.22. The maximum Gasteiger partial charge on any atom is 0.237 e. The molecule has 2 rings (SSSR count). The average Bonchev–Trinajstić information content (AvgIpc) is 2.40. The number of piperidine rings is 1. The molecule has 0 saturated carbocycles. The molecule has 1 fully saturated rings. The molecule has 1 aromatic carbocycles. The van der Waals surface area contributed by atoms with Gasteiger partial charge < -0.3 is 10.6 Å². The summed E-state index contributed by atoms with van der Waals surface area (Å²) >= 11 is 6.12. The molecule has 1 saturated heterocycles. The van der Waals surface area contributed by atoms with Crippen LogP contribution in [0.3, 0.4) is 0 Å². The molecular formula is C14H19ClN2O. The standard InChI is InChI=1S/C14H19ClN2O/c1-10(11-6-2-3-7-12(11)15)17-14(18)13-8-4-5-9-16-13/h2-3,6-7,10,13,16H,4-5,8-9H2,1H3,(H,17,18)/t10-,13?/m1/s1. The molecule has 1 aliphatic rings. The van der Waals surface area contributed by atoms with Gasteiger partial charge in [-0.2, -0.15) is 0 Å². The molecule has 0 aliphatic carbocycles. The zero-order valence-corrected chi connectivity index (χ0v) is 11.3. The van der Waals surface area contributed by atoms with Gasteiger partial charge in [0.05, 0.1) is 12.1 Å². The third-order valence-electron chi connectivity index (χ3n) is 3.36. The first-order valence-electron chi connectivity index (χ1n) is 6.46. The Morgan fingerprint density at radius 1 is 1.44 bits per heavy atom. The van der Waals surface area contributed by atoms with Crippen LogP contribution >= 0.6 is 11.6 Å². The molecule has 1 amide bonds. The minimum Gasteiger partial charge on any atom is -0.348 e. The van der Waals surface area contributed by atoms with Crippen molar-refractivity contribution in [1.29, 1.82) is 0 Å². The molecule has 0 bridgehead atoms. The fraction of sp³-hybridized carbons (Fsp3) is 0.500. The summed E-state index contributed by atoms with van der Waals surface area (Å²) < 4.78 is 0. The molecular weight excluding hydrogens is 248 g/mol. The van der Waals surface area contributed by atoms with Gasteiger partial charge in [-0.15, -0.1) is 0 Å². The number of hydrogen-bond acceptors (Lipinski definition) is 2. The second kappa shape index (κ2) is 6.21. The minimum atomic E-state index is -0.0603. The van der Waals surface area contributed by atoms with Crippen LogP contribution in [0.15, 0.2) is 24.3 Å². The maximum atomic E-state index is 12.1. The Morgan fingerprint density at radius 3 is 2.89 bits per heavy atom. The highest BCUT2D eigenvalue weighted by Gasteiger charge is 2.22. The largest absolute Gasteiger partial charge is 0.348 e. The van der Waals surface area contributed by atoms with Crippen LogP contribution in [-0.2, 0) is 4.79 Å². The average molecular weight is 267 g/mol. The molecule has 0 radical (unpaired) electrons. The Labute approximate surface area is 113 Å². The van der Waals surface area contributed by atoms with Crippen LogP contribution in [0.5, 0.6) is 0 Å². The SMILES string of the molecule is C[C@@H](NC(=O)C1CCCCN1)c1ccccc1Cl. The zero-order valence-electron chi connectivity index (χ0n) is 10.6. The monoisotopic (exact) mass is 266 g/mol. The lowest BCUT2D eigenvalue weighted by Crippen LogP contribution is -2.47. The molecule has 2 N–H and O–H groups in total. The number of carbonyl (C=O) groups is 1. The van der Waals surface area contributed by atoms with E-state index in [4.69, 9.17) is 11.6 Å². The van der Waals surface area contributed by atoms with Crippen LogP contribution in [0.1, 0.15) is 37.8 Å². The number of rotatable bonds is 3. The van der Waals surface area contributed by atoms with E-state index in [9.17, 15) is 4.79 Å². The number of carbonyl (C=O) groups excluding carboxylic acids is 1. The van der Waals surface area contributed by atoms with Gasteiger partial charge in [0.2, 0.25) is 5.91 Å². The lowest BCUT2D eigenvalue weighted by Gasteiger charge is -2.25. The van der Waals surface area contributed by atoms with Gasteiger partial charge in [0.15, 0.2) is 0 Å². The van der Waals surface area contributed by atoms with Crippen molar-refractivity contribution < 1.29 is 4.79 Å². The zero-order chi connectivity index (χ0) is 13.0. The summed E-state index contributed by atoms with van der Waals surface area (Å²) in [7, 11) is 0. The normalized spacial score (nSPS) is 21.3. The third-order valence-corrected chi connectivity index (χ3v) is 3.70. The summed E-state index contributed by atoms with van der Waals surface area (Å²) in [5.41, 5.74) is 0.961. The van der Waals surface area contributed by atoms with Crippen molar-refractivity contribution in [3.05, 3.63) is 34.9 Å². The smallest absolute Gasteiger partial charge is 0.237 e. The number of nitrogens with one attached hydrogen (secondary N) is 2. The molecule has 2 atom stereocenters. The summed E-state index contributed by atoms with van der Waals surface area (Å²) in [5, 5.41) is 6.96. The van der Waals surface area contributed by atoms with E-state index in [1.807, 2.05) is 31.2 Å². The summed E-state index contributed by atoms with van der Waals surface area (Å²) in [6.07, 6.45) is 3.19. The van der Waals surface area contributed by atoms with E-state index in [0.29, 0.717) is 5.02 Å². The highest BCUT2D eigenvalue weighted by atomic mass is 35.5. The van der Waals surface area contributed by atoms with Gasteiger partial charge in [0.1, 0.15) is 0 Å². The first-order valence-corrected chi connectivity index (χ1v) is 6.84. The number of benzene rings is 1. The molecule has 4 heteroatoms. The van der Waals surface area contributed by atoms with E-state index < -0.39 is 0 Å². The van der Waals surface area contributed by atoms with Crippen molar-refractivity contribution in [3.63, 3.8) is 0 Å². The number of halogens is 1. The van der Waals surface area contributed by atoms with Crippen molar-refractivity contribution in [3.8, 4) is 0 Å².